The van der Waals surface area contributed by atoms with E-state index in [4.69, 9.17) is 0 Å². The summed E-state index contributed by atoms with van der Waals surface area (Å²) >= 11 is 0. The zero-order valence-electron chi connectivity index (χ0n) is 15.7. The van der Waals surface area contributed by atoms with Crippen LogP contribution in [0.15, 0.2) is 47.4 Å². The number of hydrogen-bond acceptors (Lipinski definition) is 8. The van der Waals surface area contributed by atoms with Gasteiger partial charge in [-0.05, 0) is 24.3 Å². The van der Waals surface area contributed by atoms with Crippen LogP contribution in [0, 0.1) is 20.2 Å². The molecule has 3 rings (SSSR count). The molecule has 0 N–H and O–H groups in total. The number of halogens is 3. The quantitative estimate of drug-likeness (QED) is 0.492. The minimum Gasteiger partial charge on any atom is -0.368 e. The molecule has 0 atom stereocenters. The first-order valence-electron chi connectivity index (χ1n) is 8.76. The number of benzene rings is 2. The summed E-state index contributed by atoms with van der Waals surface area (Å²) in [4.78, 5) is 23.0. The summed E-state index contributed by atoms with van der Waals surface area (Å²) in [6.45, 7) is 1.31. The number of non-ortho nitro benzene ring substituents is 1. The molecule has 1 heterocycles. The molecule has 2 aromatic rings. The van der Waals surface area contributed by atoms with Crippen LogP contribution >= 0.6 is 0 Å². The van der Waals surface area contributed by atoms with Crippen LogP contribution in [0.5, 0.6) is 0 Å². The number of rotatable bonds is 5. The third-order valence-corrected chi connectivity index (χ3v) is 6.29. The molecule has 0 amide bonds. The molecule has 1 aliphatic rings. The van der Waals surface area contributed by atoms with E-state index in [1.807, 2.05) is 4.90 Å². The molecule has 166 valence electrons. The first-order valence-corrected chi connectivity index (χ1v) is 10.2. The smallest absolute Gasteiger partial charge is 0.368 e. The van der Waals surface area contributed by atoms with Crippen molar-refractivity contribution in [3.05, 3.63) is 62.7 Å². The van der Waals surface area contributed by atoms with Gasteiger partial charge in [0.2, 0.25) is 0 Å². The second-order valence-corrected chi connectivity index (χ2v) is 8.55. The molecule has 1 saturated heterocycles. The van der Waals surface area contributed by atoms with Crippen molar-refractivity contribution in [2.75, 3.05) is 36.0 Å². The molecular formula is C17H15F3N4O6S. The Labute approximate surface area is 173 Å². The number of nitro benzene ring substituents is 2. The second-order valence-electron chi connectivity index (χ2n) is 6.60. The second kappa shape index (κ2) is 8.02. The topological polar surface area (TPSA) is 127 Å². The van der Waals surface area contributed by atoms with Gasteiger partial charge in [-0.25, -0.2) is 8.42 Å². The lowest BCUT2D eigenvalue weighted by Crippen LogP contribution is -2.46. The van der Waals surface area contributed by atoms with Gasteiger partial charge in [-0.2, -0.15) is 13.2 Å². The average Bonchev–Trinajstić information content (AvgIpc) is 2.72. The highest BCUT2D eigenvalue weighted by Gasteiger charge is 2.47. The van der Waals surface area contributed by atoms with E-state index in [1.165, 1.54) is 12.1 Å². The summed E-state index contributed by atoms with van der Waals surface area (Å²) in [5.41, 5.74) is -5.65. The summed E-state index contributed by atoms with van der Waals surface area (Å²) in [6.07, 6.45) is 0. The summed E-state index contributed by atoms with van der Waals surface area (Å²) in [6, 6.07) is 7.98. The van der Waals surface area contributed by atoms with E-state index in [1.54, 1.807) is 17.0 Å². The van der Waals surface area contributed by atoms with E-state index < -0.39 is 35.8 Å². The van der Waals surface area contributed by atoms with E-state index in [0.717, 1.165) is 6.07 Å². The molecule has 10 nitrogen and oxygen atoms in total. The van der Waals surface area contributed by atoms with Gasteiger partial charge in [-0.3, -0.25) is 20.2 Å². The monoisotopic (exact) mass is 460 g/mol. The molecular weight excluding hydrogens is 445 g/mol. The third-order valence-electron chi connectivity index (χ3n) is 4.80. The van der Waals surface area contributed by atoms with Gasteiger partial charge < -0.3 is 9.80 Å². The number of sulfone groups is 1. The van der Waals surface area contributed by atoms with Crippen molar-refractivity contribution in [1.29, 1.82) is 0 Å². The van der Waals surface area contributed by atoms with Crippen molar-refractivity contribution in [3.8, 4) is 0 Å². The van der Waals surface area contributed by atoms with Gasteiger partial charge in [-0.15, -0.1) is 0 Å². The standard InChI is InChI=1S/C17H15F3N4O6S/c18-17(19,20)31(29,30)14-5-6-15(16(11-14)24(27)28)22-9-7-21(8-10-22)12-1-3-13(4-2-12)23(25)26/h1-6,11H,7-10H2. The van der Waals surface area contributed by atoms with Gasteiger partial charge in [0.25, 0.3) is 21.2 Å². The molecule has 1 aliphatic heterocycles. The molecule has 0 aliphatic carbocycles. The fraction of sp³-hybridized carbons (Fsp3) is 0.294. The molecule has 31 heavy (non-hydrogen) atoms. The number of piperazine rings is 1. The maximum Gasteiger partial charge on any atom is 0.501 e. The molecule has 0 spiro atoms. The average molecular weight is 460 g/mol. The zero-order valence-corrected chi connectivity index (χ0v) is 16.5. The molecule has 0 unspecified atom stereocenters. The molecule has 14 heteroatoms. The lowest BCUT2D eigenvalue weighted by atomic mass is 10.2. The molecule has 0 aromatic heterocycles. The first-order chi connectivity index (χ1) is 14.4. The third kappa shape index (κ3) is 4.38. The van der Waals surface area contributed by atoms with Crippen LogP contribution < -0.4 is 9.80 Å². The number of nitrogens with zero attached hydrogens (tertiary/aromatic N) is 4. The van der Waals surface area contributed by atoms with Crippen LogP contribution in [0.1, 0.15) is 0 Å². The van der Waals surface area contributed by atoms with Crippen LogP contribution in [0.3, 0.4) is 0 Å². The molecule has 0 saturated carbocycles. The maximum absolute atomic E-state index is 12.8. The Morgan fingerprint density at radius 1 is 0.839 bits per heavy atom. The van der Waals surface area contributed by atoms with E-state index in [0.29, 0.717) is 30.9 Å². The SMILES string of the molecule is O=[N+]([O-])c1ccc(N2CCN(c3ccc(S(=O)(=O)C(F)(F)F)cc3[N+](=O)[O-])CC2)cc1. The van der Waals surface area contributed by atoms with E-state index in [2.05, 4.69) is 0 Å². The van der Waals surface area contributed by atoms with Crippen molar-refractivity contribution in [2.45, 2.75) is 10.4 Å². The molecule has 2 aromatic carbocycles. The summed E-state index contributed by atoms with van der Waals surface area (Å²) in [7, 11) is -5.71. The van der Waals surface area contributed by atoms with Crippen LogP contribution in [0.2, 0.25) is 0 Å². The summed E-state index contributed by atoms with van der Waals surface area (Å²) < 4.78 is 61.5. The minimum atomic E-state index is -5.71. The van der Waals surface area contributed by atoms with Crippen molar-refractivity contribution in [3.63, 3.8) is 0 Å². The van der Waals surface area contributed by atoms with Crippen molar-refractivity contribution in [1.82, 2.24) is 0 Å². The molecule has 0 radical (unpaired) electrons. The Bertz CT molecular complexity index is 1110. The van der Waals surface area contributed by atoms with Crippen LogP contribution in [0.4, 0.5) is 35.9 Å². The van der Waals surface area contributed by atoms with Crippen molar-refractivity contribution >= 4 is 32.6 Å². The summed E-state index contributed by atoms with van der Waals surface area (Å²) in [5, 5.41) is 22.1. The van der Waals surface area contributed by atoms with Gasteiger partial charge in [0.05, 0.1) is 14.7 Å². The Balaban J connectivity index is 1.81. The van der Waals surface area contributed by atoms with Crippen molar-refractivity contribution < 1.29 is 31.4 Å². The highest BCUT2D eigenvalue weighted by molar-refractivity contribution is 7.92. The summed E-state index contributed by atoms with van der Waals surface area (Å²) in [5.74, 6) is 0. The van der Waals surface area contributed by atoms with Gasteiger partial charge in [-0.1, -0.05) is 0 Å². The van der Waals surface area contributed by atoms with E-state index >= 15 is 0 Å². The van der Waals surface area contributed by atoms with Gasteiger partial charge >= 0.3 is 5.51 Å². The van der Waals surface area contributed by atoms with Gasteiger partial charge in [0, 0.05) is 50.1 Å². The fourth-order valence-corrected chi connectivity index (χ4v) is 3.99. The zero-order chi connectivity index (χ0) is 23.0. The van der Waals surface area contributed by atoms with Crippen LogP contribution in [0.25, 0.3) is 0 Å². The Hall–Kier alpha value is -3.42. The highest BCUT2D eigenvalue weighted by Crippen LogP contribution is 2.36. The molecule has 1 fully saturated rings. The Kier molecular flexibility index (Phi) is 5.76. The lowest BCUT2D eigenvalue weighted by molar-refractivity contribution is -0.384. The van der Waals surface area contributed by atoms with Crippen molar-refractivity contribution in [2.24, 2.45) is 0 Å². The number of anilines is 2. The number of hydrogen-bond donors (Lipinski definition) is 0. The molecule has 0 bridgehead atoms. The predicted octanol–water partition coefficient (Wildman–Crippen LogP) is 3.12. The lowest BCUT2D eigenvalue weighted by Gasteiger charge is -2.37. The number of alkyl halides is 3. The Morgan fingerprint density at radius 3 is 1.87 bits per heavy atom. The fourth-order valence-electron chi connectivity index (χ4n) is 3.21. The normalized spacial score (nSPS) is 15.1. The minimum absolute atomic E-state index is 0.00877. The predicted molar refractivity (Wildman–Crippen MR) is 104 cm³/mol. The number of nitro groups is 2. The van der Waals surface area contributed by atoms with Crippen LogP contribution in [-0.4, -0.2) is 50.0 Å². The first kappa shape index (κ1) is 22.3. The van der Waals surface area contributed by atoms with E-state index in [9.17, 15) is 41.8 Å². The Morgan fingerprint density at radius 2 is 1.39 bits per heavy atom. The van der Waals surface area contributed by atoms with Gasteiger partial charge in [0.15, 0.2) is 0 Å². The highest BCUT2D eigenvalue weighted by atomic mass is 32.2. The maximum atomic E-state index is 12.8. The van der Waals surface area contributed by atoms with Gasteiger partial charge in [0.1, 0.15) is 5.69 Å². The van der Waals surface area contributed by atoms with E-state index in [-0.39, 0.29) is 24.5 Å². The van der Waals surface area contributed by atoms with Crippen LogP contribution in [-0.2, 0) is 9.84 Å². The largest absolute Gasteiger partial charge is 0.501 e.